The van der Waals surface area contributed by atoms with E-state index in [2.05, 4.69) is 15.6 Å². The van der Waals surface area contributed by atoms with Crippen molar-refractivity contribution in [2.75, 3.05) is 17.3 Å². The standard InChI is InChI=1S/C24H23N3O4S/c1-32-15-13-19(24(30)31)26-22(28)17-10-7-11-18(21(17)16-8-3-2-4-9-16)23(29)27-20-12-5-6-14-25-20/h2-12,14,19H,13,15H2,1H3,(H,26,28)(H,30,31)(H,25,27,29)/t19-/m0/s1. The third-order valence-electron chi connectivity index (χ3n) is 4.74. The van der Waals surface area contributed by atoms with E-state index in [1.807, 2.05) is 24.5 Å². The molecule has 0 saturated heterocycles. The number of carboxylic acid groups (broad SMARTS) is 1. The van der Waals surface area contributed by atoms with Gasteiger partial charge in [-0.2, -0.15) is 11.8 Å². The maximum absolute atomic E-state index is 13.1. The number of hydrogen-bond acceptors (Lipinski definition) is 5. The Bertz CT molecular complexity index is 1090. The molecule has 0 aliphatic rings. The molecule has 7 nitrogen and oxygen atoms in total. The van der Waals surface area contributed by atoms with Gasteiger partial charge in [0.1, 0.15) is 11.9 Å². The first-order valence-corrected chi connectivity index (χ1v) is 11.3. The van der Waals surface area contributed by atoms with Crippen molar-refractivity contribution in [3.8, 4) is 11.1 Å². The zero-order chi connectivity index (χ0) is 22.9. The first-order chi connectivity index (χ1) is 15.5. The van der Waals surface area contributed by atoms with Crippen molar-refractivity contribution < 1.29 is 19.5 Å². The Morgan fingerprint density at radius 1 is 0.938 bits per heavy atom. The summed E-state index contributed by atoms with van der Waals surface area (Å²) in [6, 6.07) is 18.0. The maximum atomic E-state index is 13.1. The summed E-state index contributed by atoms with van der Waals surface area (Å²) in [7, 11) is 0. The number of anilines is 1. The van der Waals surface area contributed by atoms with Gasteiger partial charge in [0.2, 0.25) is 0 Å². The van der Waals surface area contributed by atoms with Gasteiger partial charge in [-0.15, -0.1) is 0 Å². The minimum Gasteiger partial charge on any atom is -0.480 e. The lowest BCUT2D eigenvalue weighted by Gasteiger charge is -2.18. The molecule has 1 heterocycles. The lowest BCUT2D eigenvalue weighted by atomic mass is 9.93. The molecule has 0 bridgehead atoms. The molecule has 164 valence electrons. The molecule has 0 unspecified atom stereocenters. The van der Waals surface area contributed by atoms with Crippen molar-refractivity contribution in [3.63, 3.8) is 0 Å². The third kappa shape index (κ3) is 5.73. The van der Waals surface area contributed by atoms with Gasteiger partial charge in [0.05, 0.1) is 0 Å². The van der Waals surface area contributed by atoms with Gasteiger partial charge < -0.3 is 15.7 Å². The van der Waals surface area contributed by atoms with Crippen LogP contribution < -0.4 is 10.6 Å². The Kier molecular flexibility index (Phi) is 7.99. The van der Waals surface area contributed by atoms with E-state index in [-0.39, 0.29) is 11.1 Å². The van der Waals surface area contributed by atoms with Gasteiger partial charge in [-0.1, -0.05) is 42.5 Å². The summed E-state index contributed by atoms with van der Waals surface area (Å²) in [5, 5.41) is 14.8. The summed E-state index contributed by atoms with van der Waals surface area (Å²) < 4.78 is 0. The summed E-state index contributed by atoms with van der Waals surface area (Å²) in [6.45, 7) is 0. The second kappa shape index (κ2) is 11.1. The van der Waals surface area contributed by atoms with Crippen LogP contribution in [-0.2, 0) is 4.79 Å². The third-order valence-corrected chi connectivity index (χ3v) is 5.38. The van der Waals surface area contributed by atoms with Crippen LogP contribution >= 0.6 is 11.8 Å². The summed E-state index contributed by atoms with van der Waals surface area (Å²) in [6.07, 6.45) is 3.74. The Hall–Kier alpha value is -3.65. The number of benzene rings is 2. The number of aromatic nitrogens is 1. The smallest absolute Gasteiger partial charge is 0.326 e. The zero-order valence-electron chi connectivity index (χ0n) is 17.4. The monoisotopic (exact) mass is 449 g/mol. The fourth-order valence-electron chi connectivity index (χ4n) is 3.20. The molecule has 32 heavy (non-hydrogen) atoms. The molecule has 3 rings (SSSR count). The predicted octanol–water partition coefficient (Wildman–Crippen LogP) is 3.94. The number of carbonyl (C=O) groups excluding carboxylic acids is 2. The molecule has 1 aromatic heterocycles. The van der Waals surface area contributed by atoms with Crippen LogP contribution in [0.25, 0.3) is 11.1 Å². The molecule has 2 aromatic carbocycles. The molecule has 0 fully saturated rings. The van der Waals surface area contributed by atoms with E-state index in [1.54, 1.807) is 54.7 Å². The molecule has 0 aliphatic carbocycles. The van der Waals surface area contributed by atoms with Crippen LogP contribution in [0.1, 0.15) is 27.1 Å². The van der Waals surface area contributed by atoms with E-state index in [9.17, 15) is 19.5 Å². The first kappa shape index (κ1) is 23.0. The van der Waals surface area contributed by atoms with Crippen LogP contribution in [0.4, 0.5) is 5.82 Å². The number of hydrogen-bond donors (Lipinski definition) is 3. The van der Waals surface area contributed by atoms with E-state index in [4.69, 9.17) is 0 Å². The van der Waals surface area contributed by atoms with E-state index in [1.165, 1.54) is 11.8 Å². The van der Waals surface area contributed by atoms with Crippen LogP contribution in [0.15, 0.2) is 72.9 Å². The first-order valence-electron chi connectivity index (χ1n) is 9.94. The number of aliphatic carboxylic acids is 1. The molecule has 2 amide bonds. The van der Waals surface area contributed by atoms with Crippen LogP contribution in [0.5, 0.6) is 0 Å². The largest absolute Gasteiger partial charge is 0.480 e. The van der Waals surface area contributed by atoms with Crippen molar-refractivity contribution in [3.05, 3.63) is 84.1 Å². The highest BCUT2D eigenvalue weighted by molar-refractivity contribution is 7.98. The second-order valence-electron chi connectivity index (χ2n) is 6.91. The number of amides is 2. The molecule has 0 spiro atoms. The Labute approximate surface area is 190 Å². The topological polar surface area (TPSA) is 108 Å². The predicted molar refractivity (Wildman–Crippen MR) is 126 cm³/mol. The number of pyridine rings is 1. The second-order valence-corrected chi connectivity index (χ2v) is 7.89. The lowest BCUT2D eigenvalue weighted by Crippen LogP contribution is -2.41. The maximum Gasteiger partial charge on any atom is 0.326 e. The van der Waals surface area contributed by atoms with E-state index in [0.29, 0.717) is 29.1 Å². The van der Waals surface area contributed by atoms with E-state index >= 15 is 0 Å². The highest BCUT2D eigenvalue weighted by Gasteiger charge is 2.25. The number of carboxylic acids is 1. The average molecular weight is 450 g/mol. The Morgan fingerprint density at radius 2 is 1.62 bits per heavy atom. The van der Waals surface area contributed by atoms with Crippen molar-refractivity contribution in [2.45, 2.75) is 12.5 Å². The summed E-state index contributed by atoms with van der Waals surface area (Å²) in [5.74, 6) is -1.10. The van der Waals surface area contributed by atoms with Gasteiger partial charge in [0.25, 0.3) is 11.8 Å². The number of nitrogens with one attached hydrogen (secondary N) is 2. The summed E-state index contributed by atoms with van der Waals surface area (Å²) in [5.41, 5.74) is 1.60. The normalized spacial score (nSPS) is 11.4. The fraction of sp³-hybridized carbons (Fsp3) is 0.167. The zero-order valence-corrected chi connectivity index (χ0v) is 18.3. The average Bonchev–Trinajstić information content (AvgIpc) is 2.82. The Balaban J connectivity index is 2.01. The number of nitrogens with zero attached hydrogens (tertiary/aromatic N) is 1. The number of thioether (sulfide) groups is 1. The quantitative estimate of drug-likeness (QED) is 0.457. The summed E-state index contributed by atoms with van der Waals surface area (Å²) >= 11 is 1.50. The fourth-order valence-corrected chi connectivity index (χ4v) is 3.67. The van der Waals surface area contributed by atoms with Gasteiger partial charge in [0, 0.05) is 22.9 Å². The molecule has 0 saturated carbocycles. The number of rotatable bonds is 9. The SMILES string of the molecule is CSCC[C@H](NC(=O)c1cccc(C(=O)Nc2ccccn2)c1-c1ccccc1)C(=O)O. The molecular weight excluding hydrogens is 426 g/mol. The molecular formula is C24H23N3O4S. The number of carbonyl (C=O) groups is 3. The van der Waals surface area contributed by atoms with Gasteiger partial charge in [-0.05, 0) is 48.3 Å². The van der Waals surface area contributed by atoms with Crippen LogP contribution in [0.2, 0.25) is 0 Å². The minimum atomic E-state index is -1.10. The van der Waals surface area contributed by atoms with Gasteiger partial charge >= 0.3 is 5.97 Å². The molecule has 0 radical (unpaired) electrons. The van der Waals surface area contributed by atoms with Crippen molar-refractivity contribution in [1.82, 2.24) is 10.3 Å². The van der Waals surface area contributed by atoms with Crippen LogP contribution in [-0.4, -0.2) is 45.9 Å². The molecule has 1 atom stereocenters. The van der Waals surface area contributed by atoms with Crippen LogP contribution in [0, 0.1) is 0 Å². The van der Waals surface area contributed by atoms with Gasteiger partial charge in [-0.25, -0.2) is 9.78 Å². The van der Waals surface area contributed by atoms with Gasteiger partial charge in [-0.3, -0.25) is 9.59 Å². The lowest BCUT2D eigenvalue weighted by molar-refractivity contribution is -0.139. The Morgan fingerprint density at radius 3 is 2.25 bits per heavy atom. The van der Waals surface area contributed by atoms with E-state index in [0.717, 1.165) is 0 Å². The van der Waals surface area contributed by atoms with Crippen molar-refractivity contribution >= 4 is 35.4 Å². The molecule has 3 aromatic rings. The molecule has 3 N–H and O–H groups in total. The minimum absolute atomic E-state index is 0.222. The highest BCUT2D eigenvalue weighted by Crippen LogP contribution is 2.29. The van der Waals surface area contributed by atoms with E-state index < -0.39 is 23.8 Å². The summed E-state index contributed by atoms with van der Waals surface area (Å²) in [4.78, 5) is 41.9. The van der Waals surface area contributed by atoms with Crippen molar-refractivity contribution in [1.29, 1.82) is 0 Å². The van der Waals surface area contributed by atoms with Gasteiger partial charge in [0.15, 0.2) is 0 Å². The van der Waals surface area contributed by atoms with Crippen molar-refractivity contribution in [2.24, 2.45) is 0 Å². The highest BCUT2D eigenvalue weighted by atomic mass is 32.2. The van der Waals surface area contributed by atoms with Crippen LogP contribution in [0.3, 0.4) is 0 Å². The molecule has 8 heteroatoms. The molecule has 0 aliphatic heterocycles.